The molecule has 0 aromatic heterocycles. The third-order valence-electron chi connectivity index (χ3n) is 3.43. The average molecular weight is 312 g/mol. The lowest BCUT2D eigenvalue weighted by molar-refractivity contribution is -0.118. The number of piperazine rings is 1. The zero-order chi connectivity index (χ0) is 15.5. The van der Waals surface area contributed by atoms with Crippen molar-refractivity contribution in [1.29, 1.82) is 0 Å². The van der Waals surface area contributed by atoms with Crippen molar-refractivity contribution < 1.29 is 13.2 Å². The van der Waals surface area contributed by atoms with Gasteiger partial charge < -0.3 is 10.6 Å². The Balaban J connectivity index is 1.99. The van der Waals surface area contributed by atoms with E-state index in [4.69, 9.17) is 5.14 Å². The summed E-state index contributed by atoms with van der Waals surface area (Å²) in [5.74, 6) is -0.171. The summed E-state index contributed by atoms with van der Waals surface area (Å²) >= 11 is 0. The Morgan fingerprint density at radius 2 is 2.29 bits per heavy atom. The molecular formula is C13H20N4O3S. The van der Waals surface area contributed by atoms with Gasteiger partial charge in [0.2, 0.25) is 15.9 Å². The molecule has 0 spiro atoms. The second-order valence-corrected chi connectivity index (χ2v) is 6.71. The molecule has 1 amide bonds. The number of hydrogen-bond acceptors (Lipinski definition) is 5. The maximum Gasteiger partial charge on any atom is 0.238 e. The maximum atomic E-state index is 12.0. The summed E-state index contributed by atoms with van der Waals surface area (Å²) in [7, 11) is -3.77. The molecule has 7 nitrogen and oxygen atoms in total. The van der Waals surface area contributed by atoms with E-state index in [1.54, 1.807) is 12.1 Å². The third kappa shape index (κ3) is 4.50. The minimum Gasteiger partial charge on any atom is -0.325 e. The van der Waals surface area contributed by atoms with Crippen LogP contribution in [0.1, 0.15) is 6.92 Å². The predicted octanol–water partition coefficient (Wildman–Crippen LogP) is -0.434. The monoisotopic (exact) mass is 312 g/mol. The normalized spacial score (nSPS) is 20.2. The van der Waals surface area contributed by atoms with E-state index in [-0.39, 0.29) is 17.3 Å². The average Bonchev–Trinajstić information content (AvgIpc) is 2.41. The Kier molecular flexibility index (Phi) is 4.94. The van der Waals surface area contributed by atoms with E-state index in [2.05, 4.69) is 22.5 Å². The molecule has 1 atom stereocenters. The van der Waals surface area contributed by atoms with Crippen molar-refractivity contribution in [2.24, 2.45) is 5.14 Å². The van der Waals surface area contributed by atoms with Gasteiger partial charge in [-0.15, -0.1) is 0 Å². The Hall–Kier alpha value is -1.48. The summed E-state index contributed by atoms with van der Waals surface area (Å²) < 4.78 is 22.6. The third-order valence-corrected chi connectivity index (χ3v) is 4.34. The first-order chi connectivity index (χ1) is 9.86. The number of carbonyl (C=O) groups excluding carboxylic acids is 1. The highest BCUT2D eigenvalue weighted by molar-refractivity contribution is 7.89. The molecule has 0 bridgehead atoms. The largest absolute Gasteiger partial charge is 0.325 e. The molecule has 0 radical (unpaired) electrons. The zero-order valence-electron chi connectivity index (χ0n) is 11.9. The smallest absolute Gasteiger partial charge is 0.238 e. The van der Waals surface area contributed by atoms with Gasteiger partial charge in [-0.25, -0.2) is 13.6 Å². The van der Waals surface area contributed by atoms with Crippen LogP contribution < -0.4 is 15.8 Å². The number of benzene rings is 1. The van der Waals surface area contributed by atoms with E-state index in [1.807, 2.05) is 0 Å². The van der Waals surface area contributed by atoms with Crippen LogP contribution in [-0.2, 0) is 14.8 Å². The van der Waals surface area contributed by atoms with Crippen LogP contribution in [0, 0.1) is 0 Å². The van der Waals surface area contributed by atoms with Crippen molar-refractivity contribution in [3.8, 4) is 0 Å². The minimum absolute atomic E-state index is 0.0177. The van der Waals surface area contributed by atoms with Crippen LogP contribution in [0.2, 0.25) is 0 Å². The summed E-state index contributed by atoms with van der Waals surface area (Å²) in [6.45, 7) is 4.86. The molecule has 2 rings (SSSR count). The fraction of sp³-hybridized carbons (Fsp3) is 0.462. The number of primary sulfonamides is 1. The van der Waals surface area contributed by atoms with Gasteiger partial charge >= 0.3 is 0 Å². The van der Waals surface area contributed by atoms with E-state index in [9.17, 15) is 13.2 Å². The van der Waals surface area contributed by atoms with Crippen LogP contribution in [0.4, 0.5) is 5.69 Å². The summed E-state index contributed by atoms with van der Waals surface area (Å²) in [6, 6.07) is 6.22. The number of sulfonamides is 1. The molecule has 21 heavy (non-hydrogen) atoms. The maximum absolute atomic E-state index is 12.0. The number of amides is 1. The van der Waals surface area contributed by atoms with Crippen LogP contribution in [0.15, 0.2) is 29.2 Å². The van der Waals surface area contributed by atoms with E-state index >= 15 is 0 Å². The second-order valence-electron chi connectivity index (χ2n) is 5.14. The zero-order valence-corrected chi connectivity index (χ0v) is 12.7. The standard InChI is InChI=1S/C13H20N4O3S/c1-10-8-15-5-6-17(10)9-13(18)16-11-3-2-4-12(7-11)21(14,19)20/h2-4,7,10,15H,5-6,8-9H2,1H3,(H,16,18)(H2,14,19,20)/t10-/m1/s1. The fourth-order valence-corrected chi connectivity index (χ4v) is 2.81. The highest BCUT2D eigenvalue weighted by Gasteiger charge is 2.20. The highest BCUT2D eigenvalue weighted by atomic mass is 32.2. The summed E-state index contributed by atoms with van der Waals surface area (Å²) in [6.07, 6.45) is 0. The number of carbonyl (C=O) groups is 1. The Morgan fingerprint density at radius 1 is 1.52 bits per heavy atom. The van der Waals surface area contributed by atoms with E-state index in [0.29, 0.717) is 11.7 Å². The van der Waals surface area contributed by atoms with Crippen molar-refractivity contribution in [2.45, 2.75) is 17.9 Å². The number of rotatable bonds is 4. The highest BCUT2D eigenvalue weighted by Crippen LogP contribution is 2.14. The molecule has 1 aliphatic rings. The Bertz CT molecular complexity index is 618. The van der Waals surface area contributed by atoms with Gasteiger partial charge in [-0.3, -0.25) is 9.69 Å². The van der Waals surface area contributed by atoms with Crippen LogP contribution in [0.3, 0.4) is 0 Å². The Labute approximate surface area is 124 Å². The van der Waals surface area contributed by atoms with Gasteiger partial charge in [0.15, 0.2) is 0 Å². The molecule has 1 aromatic rings. The lowest BCUT2D eigenvalue weighted by Gasteiger charge is -2.33. The lowest BCUT2D eigenvalue weighted by atomic mass is 10.2. The second kappa shape index (κ2) is 6.52. The number of hydrogen-bond donors (Lipinski definition) is 3. The molecule has 0 unspecified atom stereocenters. The molecule has 8 heteroatoms. The molecule has 1 aliphatic heterocycles. The molecule has 1 saturated heterocycles. The van der Waals surface area contributed by atoms with Gasteiger partial charge in [-0.05, 0) is 25.1 Å². The first-order valence-electron chi connectivity index (χ1n) is 6.74. The van der Waals surface area contributed by atoms with Gasteiger partial charge in [0.1, 0.15) is 0 Å². The molecule has 0 saturated carbocycles. The van der Waals surface area contributed by atoms with E-state index < -0.39 is 10.0 Å². The topological polar surface area (TPSA) is 105 Å². The number of nitrogens with one attached hydrogen (secondary N) is 2. The number of nitrogens with zero attached hydrogens (tertiary/aromatic N) is 1. The first kappa shape index (κ1) is 15.9. The van der Waals surface area contributed by atoms with Crippen LogP contribution in [0.5, 0.6) is 0 Å². The molecular weight excluding hydrogens is 292 g/mol. The van der Waals surface area contributed by atoms with Gasteiger partial charge in [0.05, 0.1) is 11.4 Å². The van der Waals surface area contributed by atoms with Gasteiger partial charge in [0, 0.05) is 31.4 Å². The summed E-state index contributed by atoms with van der Waals surface area (Å²) in [5.41, 5.74) is 0.425. The van der Waals surface area contributed by atoms with Crippen LogP contribution in [0.25, 0.3) is 0 Å². The van der Waals surface area contributed by atoms with Crippen LogP contribution in [-0.4, -0.2) is 51.4 Å². The quantitative estimate of drug-likeness (QED) is 0.699. The van der Waals surface area contributed by atoms with Gasteiger partial charge in [-0.2, -0.15) is 0 Å². The lowest BCUT2D eigenvalue weighted by Crippen LogP contribution is -2.51. The molecule has 0 aliphatic carbocycles. The van der Waals surface area contributed by atoms with Crippen molar-refractivity contribution in [2.75, 3.05) is 31.5 Å². The van der Waals surface area contributed by atoms with Gasteiger partial charge in [0.25, 0.3) is 0 Å². The molecule has 1 heterocycles. The number of anilines is 1. The molecule has 116 valence electrons. The van der Waals surface area contributed by atoms with Crippen molar-refractivity contribution >= 4 is 21.6 Å². The minimum atomic E-state index is -3.77. The fourth-order valence-electron chi connectivity index (χ4n) is 2.25. The van der Waals surface area contributed by atoms with E-state index in [1.165, 1.54) is 12.1 Å². The van der Waals surface area contributed by atoms with Crippen molar-refractivity contribution in [3.05, 3.63) is 24.3 Å². The number of nitrogens with two attached hydrogens (primary N) is 1. The first-order valence-corrected chi connectivity index (χ1v) is 8.28. The van der Waals surface area contributed by atoms with E-state index in [0.717, 1.165) is 19.6 Å². The molecule has 1 aromatic carbocycles. The summed E-state index contributed by atoms with van der Waals surface area (Å²) in [5, 5.41) is 11.0. The summed E-state index contributed by atoms with van der Waals surface area (Å²) in [4.78, 5) is 14.1. The van der Waals surface area contributed by atoms with Crippen molar-refractivity contribution in [1.82, 2.24) is 10.2 Å². The molecule has 1 fully saturated rings. The van der Waals surface area contributed by atoms with Crippen molar-refractivity contribution in [3.63, 3.8) is 0 Å². The van der Waals surface area contributed by atoms with Crippen LogP contribution >= 0.6 is 0 Å². The predicted molar refractivity (Wildman–Crippen MR) is 80.3 cm³/mol. The SMILES string of the molecule is C[C@@H]1CNCCN1CC(=O)Nc1cccc(S(N)(=O)=O)c1. The Morgan fingerprint density at radius 3 is 2.95 bits per heavy atom. The van der Waals surface area contributed by atoms with Gasteiger partial charge in [-0.1, -0.05) is 6.07 Å². The molecule has 4 N–H and O–H groups in total.